The van der Waals surface area contributed by atoms with Gasteiger partial charge in [0.25, 0.3) is 0 Å². The number of rotatable bonds is 8. The lowest BCUT2D eigenvalue weighted by Crippen LogP contribution is -2.58. The van der Waals surface area contributed by atoms with Gasteiger partial charge in [-0.25, -0.2) is 10.0 Å². The maximum atomic E-state index is 3.51. The lowest BCUT2D eigenvalue weighted by atomic mass is 10.0. The standard InChI is InChI=1S/C12H27N3.C4H11N/c1-4-7-12-10-14(8-5-2)13-15(11-12)9-6-3;1-3-5-4-2/h12-13H,4-11H2,1-3H3;5H,3-4H2,1-2H3. The number of hydrogen-bond donors (Lipinski definition) is 2. The van der Waals surface area contributed by atoms with Crippen LogP contribution in [0.4, 0.5) is 0 Å². The SMILES string of the molecule is CCCC1CN(CCC)NN(CCC)C1.CCNCC. The fourth-order valence-corrected chi connectivity index (χ4v) is 2.63. The molecule has 0 atom stereocenters. The second-order valence-corrected chi connectivity index (χ2v) is 5.60. The van der Waals surface area contributed by atoms with E-state index < -0.39 is 0 Å². The molecule has 4 heteroatoms. The van der Waals surface area contributed by atoms with E-state index in [1.54, 1.807) is 0 Å². The summed E-state index contributed by atoms with van der Waals surface area (Å²) in [6.07, 6.45) is 5.13. The van der Waals surface area contributed by atoms with E-state index in [0.717, 1.165) is 19.0 Å². The van der Waals surface area contributed by atoms with Crippen molar-refractivity contribution in [3.8, 4) is 0 Å². The summed E-state index contributed by atoms with van der Waals surface area (Å²) < 4.78 is 0. The normalized spacial score (nSPS) is 17.9. The fourth-order valence-electron chi connectivity index (χ4n) is 2.63. The van der Waals surface area contributed by atoms with Gasteiger partial charge in [-0.05, 0) is 38.3 Å². The van der Waals surface area contributed by atoms with Crippen molar-refractivity contribution in [2.24, 2.45) is 5.92 Å². The van der Waals surface area contributed by atoms with Gasteiger partial charge >= 0.3 is 0 Å². The first-order valence-corrected chi connectivity index (χ1v) is 8.68. The molecular weight excluding hydrogens is 248 g/mol. The van der Waals surface area contributed by atoms with Crippen LogP contribution in [-0.4, -0.2) is 49.3 Å². The third-order valence-electron chi connectivity index (χ3n) is 3.42. The Morgan fingerprint density at radius 2 is 1.35 bits per heavy atom. The van der Waals surface area contributed by atoms with Crippen LogP contribution in [0.2, 0.25) is 0 Å². The molecule has 1 saturated heterocycles. The molecule has 0 saturated carbocycles. The highest BCUT2D eigenvalue weighted by molar-refractivity contribution is 4.71. The second kappa shape index (κ2) is 13.8. The molecule has 1 rings (SSSR count). The summed E-state index contributed by atoms with van der Waals surface area (Å²) in [6.45, 7) is 17.9. The van der Waals surface area contributed by atoms with Crippen LogP contribution in [0.3, 0.4) is 0 Å². The highest BCUT2D eigenvalue weighted by Gasteiger charge is 2.23. The molecule has 0 aliphatic carbocycles. The maximum Gasteiger partial charge on any atom is 0.0185 e. The third-order valence-corrected chi connectivity index (χ3v) is 3.42. The molecule has 122 valence electrons. The van der Waals surface area contributed by atoms with Crippen molar-refractivity contribution < 1.29 is 0 Å². The molecule has 0 aromatic heterocycles. The molecule has 0 radical (unpaired) electrons. The monoisotopic (exact) mass is 286 g/mol. The Morgan fingerprint density at radius 1 is 0.850 bits per heavy atom. The Labute approximate surface area is 127 Å². The Kier molecular flexibility index (Phi) is 13.7. The molecule has 0 unspecified atom stereocenters. The van der Waals surface area contributed by atoms with E-state index in [9.17, 15) is 0 Å². The average molecular weight is 287 g/mol. The van der Waals surface area contributed by atoms with E-state index in [4.69, 9.17) is 0 Å². The van der Waals surface area contributed by atoms with Gasteiger partial charge in [0.15, 0.2) is 0 Å². The van der Waals surface area contributed by atoms with Crippen LogP contribution in [0.1, 0.15) is 60.3 Å². The predicted molar refractivity (Wildman–Crippen MR) is 89.5 cm³/mol. The quantitative estimate of drug-likeness (QED) is 0.718. The first kappa shape index (κ1) is 19.8. The molecular formula is C16H38N4. The lowest BCUT2D eigenvalue weighted by Gasteiger charge is -2.40. The second-order valence-electron chi connectivity index (χ2n) is 5.60. The van der Waals surface area contributed by atoms with Crippen LogP contribution < -0.4 is 10.9 Å². The van der Waals surface area contributed by atoms with E-state index in [0.29, 0.717) is 0 Å². The summed E-state index contributed by atoms with van der Waals surface area (Å²) in [4.78, 5) is 0. The molecule has 1 aliphatic rings. The van der Waals surface area contributed by atoms with Gasteiger partial charge in [-0.2, -0.15) is 5.53 Å². The number of nitrogens with zero attached hydrogens (tertiary/aromatic N) is 2. The zero-order valence-electron chi connectivity index (χ0n) is 14.5. The summed E-state index contributed by atoms with van der Waals surface area (Å²) in [5, 5.41) is 7.89. The molecule has 4 nitrogen and oxygen atoms in total. The van der Waals surface area contributed by atoms with E-state index in [-0.39, 0.29) is 0 Å². The van der Waals surface area contributed by atoms with Crippen molar-refractivity contribution >= 4 is 0 Å². The summed E-state index contributed by atoms with van der Waals surface area (Å²) in [6, 6.07) is 0. The van der Waals surface area contributed by atoms with Crippen LogP contribution in [0, 0.1) is 5.92 Å². The van der Waals surface area contributed by atoms with E-state index in [2.05, 4.69) is 55.5 Å². The number of hydrogen-bond acceptors (Lipinski definition) is 4. The molecule has 20 heavy (non-hydrogen) atoms. The minimum atomic E-state index is 0.856. The highest BCUT2D eigenvalue weighted by atomic mass is 15.8. The highest BCUT2D eigenvalue weighted by Crippen LogP contribution is 2.14. The molecule has 2 N–H and O–H groups in total. The minimum Gasteiger partial charge on any atom is -0.317 e. The first-order valence-electron chi connectivity index (χ1n) is 8.68. The molecule has 0 aromatic rings. The van der Waals surface area contributed by atoms with E-state index >= 15 is 0 Å². The van der Waals surface area contributed by atoms with Crippen molar-refractivity contribution in [2.75, 3.05) is 39.3 Å². The zero-order chi connectivity index (χ0) is 15.2. The van der Waals surface area contributed by atoms with Gasteiger partial charge in [-0.3, -0.25) is 0 Å². The Bertz CT molecular complexity index is 162. The van der Waals surface area contributed by atoms with Gasteiger partial charge in [-0.15, -0.1) is 0 Å². The summed E-state index contributed by atoms with van der Waals surface area (Å²) in [5.41, 5.74) is 3.51. The number of nitrogens with one attached hydrogen (secondary N) is 2. The minimum absolute atomic E-state index is 0.856. The van der Waals surface area contributed by atoms with E-state index in [1.807, 2.05) is 0 Å². The molecule has 0 bridgehead atoms. The fraction of sp³-hybridized carbons (Fsp3) is 1.00. The molecule has 0 aromatic carbocycles. The Morgan fingerprint density at radius 3 is 1.65 bits per heavy atom. The average Bonchev–Trinajstić information content (AvgIpc) is 2.41. The van der Waals surface area contributed by atoms with Crippen molar-refractivity contribution in [2.45, 2.75) is 60.3 Å². The van der Waals surface area contributed by atoms with Crippen molar-refractivity contribution in [1.29, 1.82) is 0 Å². The smallest absolute Gasteiger partial charge is 0.0185 e. The van der Waals surface area contributed by atoms with Crippen LogP contribution in [0.25, 0.3) is 0 Å². The van der Waals surface area contributed by atoms with Gasteiger partial charge in [0, 0.05) is 26.2 Å². The Balaban J connectivity index is 0.000000621. The molecule has 0 spiro atoms. The van der Waals surface area contributed by atoms with E-state index in [1.165, 1.54) is 51.9 Å². The van der Waals surface area contributed by atoms with Crippen LogP contribution in [0.15, 0.2) is 0 Å². The maximum absolute atomic E-state index is 3.51. The topological polar surface area (TPSA) is 30.5 Å². The van der Waals surface area contributed by atoms with Crippen molar-refractivity contribution in [3.05, 3.63) is 0 Å². The zero-order valence-corrected chi connectivity index (χ0v) is 14.5. The van der Waals surface area contributed by atoms with Crippen LogP contribution >= 0.6 is 0 Å². The van der Waals surface area contributed by atoms with Crippen LogP contribution in [-0.2, 0) is 0 Å². The van der Waals surface area contributed by atoms with Gasteiger partial charge in [0.2, 0.25) is 0 Å². The largest absolute Gasteiger partial charge is 0.317 e. The van der Waals surface area contributed by atoms with Crippen molar-refractivity contribution in [3.63, 3.8) is 0 Å². The third kappa shape index (κ3) is 9.70. The molecule has 1 heterocycles. The van der Waals surface area contributed by atoms with Crippen LogP contribution in [0.5, 0.6) is 0 Å². The van der Waals surface area contributed by atoms with Crippen molar-refractivity contribution in [1.82, 2.24) is 20.9 Å². The van der Waals surface area contributed by atoms with Gasteiger partial charge in [0.1, 0.15) is 0 Å². The molecule has 1 fully saturated rings. The van der Waals surface area contributed by atoms with Gasteiger partial charge in [0.05, 0.1) is 0 Å². The lowest BCUT2D eigenvalue weighted by molar-refractivity contribution is -0.0450. The number of hydrazine groups is 2. The van der Waals surface area contributed by atoms with Gasteiger partial charge in [-0.1, -0.05) is 41.0 Å². The first-order chi connectivity index (χ1) is 9.71. The molecule has 1 aliphatic heterocycles. The summed E-state index contributed by atoms with van der Waals surface area (Å²) in [5.74, 6) is 0.856. The molecule has 0 amide bonds. The van der Waals surface area contributed by atoms with Gasteiger partial charge < -0.3 is 5.32 Å². The summed E-state index contributed by atoms with van der Waals surface area (Å²) >= 11 is 0. The predicted octanol–water partition coefficient (Wildman–Crippen LogP) is 2.88. The Hall–Kier alpha value is -0.160. The summed E-state index contributed by atoms with van der Waals surface area (Å²) in [7, 11) is 0.